The van der Waals surface area contributed by atoms with Crippen molar-refractivity contribution in [3.63, 3.8) is 0 Å². The topological polar surface area (TPSA) is 39.8 Å². The first-order valence-corrected chi connectivity index (χ1v) is 7.76. The maximum Gasteiger partial charge on any atom is 0.347 e. The molecule has 0 N–H and O–H groups in total. The zero-order valence-electron chi connectivity index (χ0n) is 12.2. The number of hydrogen-bond donors (Lipinski definition) is 0. The van der Waals surface area contributed by atoms with Crippen LogP contribution in [0.4, 0.5) is 13.2 Å². The molecule has 0 unspecified atom stereocenters. The van der Waals surface area contributed by atoms with E-state index in [0.29, 0.717) is 43.5 Å². The lowest BCUT2D eigenvalue weighted by molar-refractivity contribution is -0.205. The Labute approximate surface area is 129 Å². The van der Waals surface area contributed by atoms with Crippen LogP contribution >= 0.6 is 0 Å². The van der Waals surface area contributed by atoms with Crippen LogP contribution in [0.1, 0.15) is 43.1 Å². The molecule has 2 heterocycles. The Hall–Kier alpha value is -2.05. The molecule has 1 aromatic carbocycles. The molecule has 7 heteroatoms. The van der Waals surface area contributed by atoms with Gasteiger partial charge in [0, 0.05) is 37.3 Å². The van der Waals surface area contributed by atoms with E-state index in [4.69, 9.17) is 0 Å². The van der Waals surface area contributed by atoms with E-state index in [0.717, 1.165) is 6.07 Å². The van der Waals surface area contributed by atoms with Crippen LogP contribution in [0.15, 0.2) is 23.0 Å². The molecular formula is C16H14F3N3O. The van der Waals surface area contributed by atoms with Crippen molar-refractivity contribution < 1.29 is 13.2 Å². The molecule has 0 amide bonds. The fourth-order valence-corrected chi connectivity index (χ4v) is 4.51. The number of rotatable bonds is 2. The molecule has 2 bridgehead atoms. The minimum absolute atomic E-state index is 0.298. The van der Waals surface area contributed by atoms with Crippen LogP contribution in [0.2, 0.25) is 0 Å². The summed E-state index contributed by atoms with van der Waals surface area (Å²) >= 11 is 0. The van der Waals surface area contributed by atoms with E-state index in [2.05, 4.69) is 5.10 Å². The second-order valence-electron chi connectivity index (χ2n) is 7.11. The summed E-state index contributed by atoms with van der Waals surface area (Å²) < 4.78 is 43.8. The molecule has 0 radical (unpaired) electrons. The first-order chi connectivity index (χ1) is 10.9. The third-order valence-electron chi connectivity index (χ3n) is 5.54. The van der Waals surface area contributed by atoms with E-state index in [1.54, 1.807) is 0 Å². The van der Waals surface area contributed by atoms with Crippen molar-refractivity contribution in [3.05, 3.63) is 51.7 Å². The summed E-state index contributed by atoms with van der Waals surface area (Å²) in [5.41, 5.74) is -1.61. The van der Waals surface area contributed by atoms with Gasteiger partial charge in [-0.05, 0) is 12.5 Å². The summed E-state index contributed by atoms with van der Waals surface area (Å²) in [6.45, 7) is 0. The van der Waals surface area contributed by atoms with Crippen molar-refractivity contribution in [2.24, 2.45) is 0 Å². The predicted molar refractivity (Wildman–Crippen MR) is 75.0 cm³/mol. The maximum atomic E-state index is 14.1. The van der Waals surface area contributed by atoms with Gasteiger partial charge in [-0.1, -0.05) is 6.07 Å². The lowest BCUT2D eigenvalue weighted by atomic mass is 9.47. The molecule has 6 rings (SSSR count). The van der Waals surface area contributed by atoms with Crippen LogP contribution in [0.5, 0.6) is 0 Å². The molecule has 1 atom stereocenters. The smallest absolute Gasteiger partial charge is 0.271 e. The largest absolute Gasteiger partial charge is 0.347 e. The summed E-state index contributed by atoms with van der Waals surface area (Å²) in [5.74, 6) is -0.702. The minimum Gasteiger partial charge on any atom is -0.271 e. The number of aromatic nitrogens is 3. The summed E-state index contributed by atoms with van der Waals surface area (Å²) in [6.07, 6.45) is 2.13. The SMILES string of the molecule is O=c1n(C23CC(F)(C2)C3)nc2n1[C@H](c1ccc(F)cc1F)CC2. The van der Waals surface area contributed by atoms with Crippen molar-refractivity contribution >= 4 is 0 Å². The van der Waals surface area contributed by atoms with Gasteiger partial charge in [-0.3, -0.25) is 4.57 Å². The van der Waals surface area contributed by atoms with Crippen LogP contribution < -0.4 is 5.69 Å². The lowest BCUT2D eigenvalue weighted by Crippen LogP contribution is -2.72. The zero-order valence-corrected chi connectivity index (χ0v) is 12.2. The second kappa shape index (κ2) is 3.88. The summed E-state index contributed by atoms with van der Waals surface area (Å²) in [7, 11) is 0. The average Bonchev–Trinajstić information content (AvgIpc) is 2.96. The van der Waals surface area contributed by atoms with Crippen LogP contribution in [-0.2, 0) is 12.0 Å². The second-order valence-corrected chi connectivity index (χ2v) is 7.11. The predicted octanol–water partition coefficient (Wildman–Crippen LogP) is 2.46. The molecule has 3 aliphatic carbocycles. The van der Waals surface area contributed by atoms with E-state index in [1.165, 1.54) is 21.4 Å². The molecule has 0 spiro atoms. The average molecular weight is 321 g/mol. The highest BCUT2D eigenvalue weighted by atomic mass is 19.1. The molecular weight excluding hydrogens is 307 g/mol. The van der Waals surface area contributed by atoms with Gasteiger partial charge in [-0.25, -0.2) is 22.6 Å². The van der Waals surface area contributed by atoms with Gasteiger partial charge in [0.1, 0.15) is 23.1 Å². The number of alkyl halides is 1. The van der Waals surface area contributed by atoms with Crippen LogP contribution in [0, 0.1) is 11.6 Å². The first kappa shape index (κ1) is 13.4. The molecule has 0 saturated heterocycles. The van der Waals surface area contributed by atoms with E-state index in [1.807, 2.05) is 0 Å². The number of aryl methyl sites for hydroxylation is 1. The van der Waals surface area contributed by atoms with Gasteiger partial charge < -0.3 is 0 Å². The Balaban J connectivity index is 1.58. The van der Waals surface area contributed by atoms with Crippen molar-refractivity contribution in [2.45, 2.75) is 49.4 Å². The number of nitrogens with zero attached hydrogens (tertiary/aromatic N) is 3. The van der Waals surface area contributed by atoms with Crippen molar-refractivity contribution in [1.82, 2.24) is 14.3 Å². The van der Waals surface area contributed by atoms with Gasteiger partial charge in [0.2, 0.25) is 0 Å². The molecule has 23 heavy (non-hydrogen) atoms. The number of fused-ring (bicyclic) bond motifs is 1. The van der Waals surface area contributed by atoms with Crippen molar-refractivity contribution in [1.29, 1.82) is 0 Å². The summed E-state index contributed by atoms with van der Waals surface area (Å²) in [5, 5.41) is 4.38. The molecule has 4 aliphatic rings. The zero-order chi connectivity index (χ0) is 16.0. The van der Waals surface area contributed by atoms with Crippen LogP contribution in [0.25, 0.3) is 0 Å². The number of halogens is 3. The Morgan fingerprint density at radius 1 is 1.22 bits per heavy atom. The van der Waals surface area contributed by atoms with Gasteiger partial charge in [0.25, 0.3) is 0 Å². The Kier molecular flexibility index (Phi) is 2.26. The third-order valence-corrected chi connectivity index (χ3v) is 5.54. The van der Waals surface area contributed by atoms with Gasteiger partial charge in [0.15, 0.2) is 0 Å². The van der Waals surface area contributed by atoms with E-state index in [9.17, 15) is 18.0 Å². The van der Waals surface area contributed by atoms with E-state index >= 15 is 0 Å². The maximum absolute atomic E-state index is 14.1. The van der Waals surface area contributed by atoms with Gasteiger partial charge in [-0.15, -0.1) is 0 Å². The quantitative estimate of drug-likeness (QED) is 0.852. The van der Waals surface area contributed by atoms with Crippen LogP contribution in [-0.4, -0.2) is 20.0 Å². The van der Waals surface area contributed by atoms with Crippen molar-refractivity contribution in [2.75, 3.05) is 0 Å². The Bertz CT molecular complexity index is 881. The standard InChI is InChI=1S/C16H14F3N3O/c17-9-1-2-10(11(18)5-9)12-3-4-13-20-22(14(23)21(12)13)16-6-15(19,7-16)8-16/h1-2,5,12H,3-4,6-8H2/t12-,15?,16?/m0/s1. The molecule has 4 nitrogen and oxygen atoms in total. The first-order valence-electron chi connectivity index (χ1n) is 7.76. The number of hydrogen-bond acceptors (Lipinski definition) is 2. The molecule has 1 aromatic heterocycles. The molecule has 3 fully saturated rings. The highest BCUT2D eigenvalue weighted by Crippen LogP contribution is 2.66. The Morgan fingerprint density at radius 2 is 1.96 bits per heavy atom. The van der Waals surface area contributed by atoms with Gasteiger partial charge >= 0.3 is 5.69 Å². The fraction of sp³-hybridized carbons (Fsp3) is 0.500. The van der Waals surface area contributed by atoms with Gasteiger partial charge in [-0.2, -0.15) is 5.10 Å². The van der Waals surface area contributed by atoms with E-state index in [-0.39, 0.29) is 5.69 Å². The number of benzene rings is 1. The third kappa shape index (κ3) is 1.57. The molecule has 3 saturated carbocycles. The molecule has 2 aromatic rings. The Morgan fingerprint density at radius 3 is 2.61 bits per heavy atom. The lowest BCUT2D eigenvalue weighted by Gasteiger charge is -2.64. The highest BCUT2D eigenvalue weighted by Gasteiger charge is 2.71. The van der Waals surface area contributed by atoms with Gasteiger partial charge in [0.05, 0.1) is 11.6 Å². The molecule has 120 valence electrons. The van der Waals surface area contributed by atoms with Crippen molar-refractivity contribution in [3.8, 4) is 0 Å². The van der Waals surface area contributed by atoms with E-state index < -0.39 is 28.9 Å². The fourth-order valence-electron chi connectivity index (χ4n) is 4.51. The highest BCUT2D eigenvalue weighted by molar-refractivity contribution is 5.27. The normalized spacial score (nSPS) is 34.0. The monoisotopic (exact) mass is 321 g/mol. The molecule has 1 aliphatic heterocycles. The summed E-state index contributed by atoms with van der Waals surface area (Å²) in [6, 6.07) is 2.93. The van der Waals surface area contributed by atoms with Crippen LogP contribution in [0.3, 0.4) is 0 Å². The minimum atomic E-state index is -1.12. The summed E-state index contributed by atoms with van der Waals surface area (Å²) in [4.78, 5) is 12.7.